The van der Waals surface area contributed by atoms with E-state index >= 15 is 0 Å². The van der Waals surface area contributed by atoms with Gasteiger partial charge < -0.3 is 37.2 Å². The zero-order valence-electron chi connectivity index (χ0n) is 16.8. The van der Waals surface area contributed by atoms with Crippen molar-refractivity contribution in [3.63, 3.8) is 0 Å². The number of benzene rings is 3. The molecule has 0 bridgehead atoms. The summed E-state index contributed by atoms with van der Waals surface area (Å²) in [6.45, 7) is 2.23. The van der Waals surface area contributed by atoms with Gasteiger partial charge in [-0.05, 0) is 16.7 Å². The molecule has 0 fully saturated rings. The minimum atomic E-state index is -0.283. The van der Waals surface area contributed by atoms with Gasteiger partial charge >= 0.3 is 21.7 Å². The SMILES string of the molecule is CCC1=C(C(c2ccccc2)(c2ccccc2)c2ccccc2)CC=[C-]1.[Cl-].[Cl-].[Cl-].[Ti+4]. The molecule has 0 aromatic heterocycles. The van der Waals surface area contributed by atoms with Crippen molar-refractivity contribution in [2.45, 2.75) is 25.2 Å². The van der Waals surface area contributed by atoms with E-state index in [9.17, 15) is 0 Å². The molecular weight excluding hydrogens is 467 g/mol. The summed E-state index contributed by atoms with van der Waals surface area (Å²) in [7, 11) is 0. The second-order valence-electron chi connectivity index (χ2n) is 6.71. The minimum Gasteiger partial charge on any atom is -1.00 e. The zero-order valence-corrected chi connectivity index (χ0v) is 20.6. The summed E-state index contributed by atoms with van der Waals surface area (Å²) in [5.41, 5.74) is 6.45. The fraction of sp³-hybridized carbons (Fsp3) is 0.154. The van der Waals surface area contributed by atoms with Crippen molar-refractivity contribution in [3.8, 4) is 0 Å². The molecule has 3 aromatic carbocycles. The first-order valence-electron chi connectivity index (χ1n) is 9.34. The Hall–Kier alpha value is -1.28. The van der Waals surface area contributed by atoms with Crippen LogP contribution in [0.3, 0.4) is 0 Å². The van der Waals surface area contributed by atoms with Crippen molar-refractivity contribution in [2.75, 3.05) is 0 Å². The number of halogens is 3. The van der Waals surface area contributed by atoms with E-state index in [0.717, 1.165) is 12.8 Å². The number of hydrogen-bond acceptors (Lipinski definition) is 0. The quantitative estimate of drug-likeness (QED) is 0.211. The average molecular weight is 490 g/mol. The Kier molecular flexibility index (Phi) is 12.6. The molecule has 30 heavy (non-hydrogen) atoms. The fourth-order valence-electron chi connectivity index (χ4n) is 4.27. The first-order valence-corrected chi connectivity index (χ1v) is 9.34. The third-order valence-electron chi connectivity index (χ3n) is 5.37. The molecule has 152 valence electrons. The van der Waals surface area contributed by atoms with E-state index in [1.807, 2.05) is 0 Å². The Morgan fingerprint density at radius 2 is 1.03 bits per heavy atom. The number of allylic oxidation sites excluding steroid dienone is 4. The van der Waals surface area contributed by atoms with Crippen LogP contribution in [0.1, 0.15) is 36.5 Å². The summed E-state index contributed by atoms with van der Waals surface area (Å²) in [5, 5.41) is 0. The van der Waals surface area contributed by atoms with Gasteiger partial charge in [0, 0.05) is 5.41 Å². The maximum atomic E-state index is 3.53. The summed E-state index contributed by atoms with van der Waals surface area (Å²) in [6, 6.07) is 32.7. The summed E-state index contributed by atoms with van der Waals surface area (Å²) >= 11 is 0. The van der Waals surface area contributed by atoms with Gasteiger partial charge in [-0.1, -0.05) is 111 Å². The van der Waals surface area contributed by atoms with Crippen LogP contribution >= 0.6 is 0 Å². The molecule has 0 amide bonds. The molecule has 0 saturated heterocycles. The Balaban J connectivity index is 0.00000210. The van der Waals surface area contributed by atoms with Gasteiger partial charge in [0.1, 0.15) is 0 Å². The predicted molar refractivity (Wildman–Crippen MR) is 109 cm³/mol. The summed E-state index contributed by atoms with van der Waals surface area (Å²) in [5.74, 6) is 0. The van der Waals surface area contributed by atoms with E-state index < -0.39 is 0 Å². The zero-order chi connectivity index (χ0) is 17.8. The first-order chi connectivity index (χ1) is 12.9. The fourth-order valence-corrected chi connectivity index (χ4v) is 4.27. The van der Waals surface area contributed by atoms with Crippen molar-refractivity contribution in [2.24, 2.45) is 0 Å². The molecule has 0 saturated carbocycles. The van der Waals surface area contributed by atoms with Crippen LogP contribution in [0.25, 0.3) is 0 Å². The maximum absolute atomic E-state index is 3.53. The maximum Gasteiger partial charge on any atom is 4.00 e. The van der Waals surface area contributed by atoms with E-state index in [2.05, 4.69) is 110 Å². The molecule has 1 aliphatic rings. The Bertz CT molecular complexity index is 839. The number of hydrogen-bond donors (Lipinski definition) is 0. The third kappa shape index (κ3) is 5.13. The molecule has 0 nitrogen and oxygen atoms in total. The molecule has 0 atom stereocenters. The standard InChI is InChI=1S/C26H23.3ClH.Ti/c1-2-21-13-12-20-25(21)26(22-14-6-3-7-15-22,23-16-8-4-9-17-23)24-18-10-5-11-19-24;;;;/h3-12,14-19H,2,20H2,1H3;3*1H;/q-1;;;;+4/p-3. The van der Waals surface area contributed by atoms with Crippen LogP contribution in [-0.4, -0.2) is 0 Å². The molecule has 1 aliphatic carbocycles. The molecule has 4 rings (SSSR count). The van der Waals surface area contributed by atoms with Gasteiger partial charge in [-0.3, -0.25) is 6.08 Å². The Morgan fingerprint density at radius 1 is 0.667 bits per heavy atom. The predicted octanol–water partition coefficient (Wildman–Crippen LogP) is -2.50. The minimum absolute atomic E-state index is 0. The largest absolute Gasteiger partial charge is 4.00 e. The molecular formula is C26H23Cl3Ti. The second-order valence-corrected chi connectivity index (χ2v) is 6.71. The Morgan fingerprint density at radius 3 is 1.37 bits per heavy atom. The van der Waals surface area contributed by atoms with E-state index in [4.69, 9.17) is 0 Å². The van der Waals surface area contributed by atoms with Crippen molar-refractivity contribution in [1.82, 2.24) is 0 Å². The molecule has 0 unspecified atom stereocenters. The summed E-state index contributed by atoms with van der Waals surface area (Å²) in [6.07, 6.45) is 7.66. The topological polar surface area (TPSA) is 0 Å². The third-order valence-corrected chi connectivity index (χ3v) is 5.37. The van der Waals surface area contributed by atoms with Gasteiger partial charge in [-0.2, -0.15) is 11.6 Å². The van der Waals surface area contributed by atoms with E-state index in [1.165, 1.54) is 27.8 Å². The van der Waals surface area contributed by atoms with Gasteiger partial charge in [0.05, 0.1) is 0 Å². The van der Waals surface area contributed by atoms with Crippen LogP contribution < -0.4 is 37.2 Å². The van der Waals surface area contributed by atoms with Gasteiger partial charge in [0.15, 0.2) is 0 Å². The van der Waals surface area contributed by atoms with Crippen LogP contribution in [0.15, 0.2) is 108 Å². The van der Waals surface area contributed by atoms with Crippen LogP contribution in [0.2, 0.25) is 0 Å². The van der Waals surface area contributed by atoms with Gasteiger partial charge in [-0.25, -0.2) is 5.57 Å². The summed E-state index contributed by atoms with van der Waals surface area (Å²) in [4.78, 5) is 0. The van der Waals surface area contributed by atoms with Crippen molar-refractivity contribution in [1.29, 1.82) is 0 Å². The van der Waals surface area contributed by atoms with Gasteiger partial charge in [-0.15, -0.1) is 0 Å². The van der Waals surface area contributed by atoms with Crippen LogP contribution in [0, 0.1) is 6.08 Å². The average Bonchev–Trinajstić information content (AvgIpc) is 3.20. The molecule has 0 spiro atoms. The second kappa shape index (κ2) is 13.2. The number of rotatable bonds is 5. The van der Waals surface area contributed by atoms with Gasteiger partial charge in [0.2, 0.25) is 0 Å². The van der Waals surface area contributed by atoms with Crippen LogP contribution in [0.5, 0.6) is 0 Å². The first kappa shape index (κ1) is 28.7. The monoisotopic (exact) mass is 488 g/mol. The molecule has 0 aliphatic heterocycles. The van der Waals surface area contributed by atoms with E-state index in [1.54, 1.807) is 0 Å². The normalized spacial score (nSPS) is 12.2. The van der Waals surface area contributed by atoms with Crippen LogP contribution in [-0.2, 0) is 27.1 Å². The van der Waals surface area contributed by atoms with Crippen molar-refractivity contribution >= 4 is 0 Å². The molecule has 4 heteroatoms. The Labute approximate surface area is 214 Å². The van der Waals surface area contributed by atoms with Crippen molar-refractivity contribution < 1.29 is 58.9 Å². The molecule has 0 N–H and O–H groups in total. The smallest absolute Gasteiger partial charge is 1.00 e. The molecule has 0 radical (unpaired) electrons. The van der Waals surface area contributed by atoms with Gasteiger partial charge in [0.25, 0.3) is 0 Å². The van der Waals surface area contributed by atoms with Crippen molar-refractivity contribution in [3.05, 3.63) is 131 Å². The van der Waals surface area contributed by atoms with E-state index in [0.29, 0.717) is 0 Å². The molecule has 3 aromatic rings. The molecule has 0 heterocycles. The van der Waals surface area contributed by atoms with E-state index in [-0.39, 0.29) is 64.4 Å². The summed E-state index contributed by atoms with van der Waals surface area (Å²) < 4.78 is 0. The van der Waals surface area contributed by atoms with Crippen LogP contribution in [0.4, 0.5) is 0 Å².